The van der Waals surface area contributed by atoms with Gasteiger partial charge in [0.15, 0.2) is 11.6 Å². The Labute approximate surface area is 193 Å². The number of carbonyl (C=O) groups excluding carboxylic acids is 2. The molecule has 0 aliphatic carbocycles. The molecule has 6 nitrogen and oxygen atoms in total. The van der Waals surface area contributed by atoms with Gasteiger partial charge < -0.3 is 21.1 Å². The highest BCUT2D eigenvalue weighted by molar-refractivity contribution is 5.99. The summed E-state index contributed by atoms with van der Waals surface area (Å²) >= 11 is 0. The lowest BCUT2D eigenvalue weighted by atomic mass is 10.00. The van der Waals surface area contributed by atoms with Gasteiger partial charge in [0.2, 0.25) is 5.91 Å². The minimum atomic E-state index is -1.31. The van der Waals surface area contributed by atoms with Gasteiger partial charge in [-0.15, -0.1) is 0 Å². The van der Waals surface area contributed by atoms with E-state index in [4.69, 9.17) is 5.73 Å². The zero-order chi connectivity index (χ0) is 24.4. The van der Waals surface area contributed by atoms with E-state index in [0.29, 0.717) is 22.9 Å². The van der Waals surface area contributed by atoms with Crippen molar-refractivity contribution in [2.24, 2.45) is 5.73 Å². The van der Waals surface area contributed by atoms with Crippen LogP contribution in [0.4, 0.5) is 18.9 Å². The van der Waals surface area contributed by atoms with E-state index in [9.17, 15) is 27.9 Å². The summed E-state index contributed by atoms with van der Waals surface area (Å²) in [4.78, 5) is 27.9. The summed E-state index contributed by atoms with van der Waals surface area (Å²) in [5.74, 6) is -4.37. The normalized spacial score (nSPS) is 16.4. The van der Waals surface area contributed by atoms with Gasteiger partial charge in [-0.05, 0) is 47.4 Å². The Morgan fingerprint density at radius 1 is 1.06 bits per heavy atom. The smallest absolute Gasteiger partial charge is 0.251 e. The minimum Gasteiger partial charge on any atom is -0.508 e. The molecule has 4 N–H and O–H groups in total. The van der Waals surface area contributed by atoms with E-state index in [2.05, 4.69) is 5.32 Å². The highest BCUT2D eigenvalue weighted by Crippen LogP contribution is 2.32. The number of anilines is 1. The third-order valence-electron chi connectivity index (χ3n) is 5.71. The molecule has 0 fully saturated rings. The number of nitrogens with two attached hydrogens (primary N) is 1. The van der Waals surface area contributed by atoms with Crippen molar-refractivity contribution in [2.75, 3.05) is 5.32 Å². The number of para-hydroxylation sites is 1. The van der Waals surface area contributed by atoms with Crippen molar-refractivity contribution in [3.63, 3.8) is 0 Å². The molecule has 0 aromatic heterocycles. The van der Waals surface area contributed by atoms with E-state index in [1.54, 1.807) is 36.4 Å². The highest BCUT2D eigenvalue weighted by Gasteiger charge is 2.35. The minimum absolute atomic E-state index is 0.00882. The van der Waals surface area contributed by atoms with Crippen molar-refractivity contribution in [3.05, 3.63) is 94.8 Å². The number of carbonyl (C=O) groups is 2. The number of phenols is 1. The van der Waals surface area contributed by atoms with Crippen LogP contribution >= 0.6 is 0 Å². The Balaban J connectivity index is 1.61. The molecule has 0 saturated carbocycles. The Hall–Kier alpha value is -3.85. The Kier molecular flexibility index (Phi) is 6.56. The first-order valence-electron chi connectivity index (χ1n) is 10.6. The van der Waals surface area contributed by atoms with Crippen molar-refractivity contribution in [1.82, 2.24) is 4.90 Å². The number of fused-ring (bicyclic) bond motifs is 1. The Bertz CT molecular complexity index is 1230. The number of halogens is 3. The van der Waals surface area contributed by atoms with Crippen LogP contribution in [0, 0.1) is 17.5 Å². The molecule has 0 spiro atoms. The average Bonchev–Trinajstić information content (AvgIpc) is 2.94. The van der Waals surface area contributed by atoms with E-state index in [1.807, 2.05) is 0 Å². The molecule has 9 heteroatoms. The summed E-state index contributed by atoms with van der Waals surface area (Å²) in [6, 6.07) is 12.2. The standard InChI is InChI=1S/C25H22F3N3O3/c26-19-12-21(28)20(27)10-16(19)9-17(29)11-23(33)31-13-15-3-1-2-4-22(15)30-25(34)24(31)14-5-7-18(32)8-6-14/h1-8,10,12,17,24,32H,9,11,13,29H2,(H,30,34)/t17-,24?/m1/s1. The molecule has 1 heterocycles. The van der Waals surface area contributed by atoms with Gasteiger partial charge in [-0.3, -0.25) is 9.59 Å². The number of benzene rings is 3. The lowest BCUT2D eigenvalue weighted by molar-refractivity contribution is -0.139. The summed E-state index contributed by atoms with van der Waals surface area (Å²) in [6.45, 7) is 0.103. The van der Waals surface area contributed by atoms with Crippen LogP contribution in [0.1, 0.15) is 29.2 Å². The molecular weight excluding hydrogens is 447 g/mol. The van der Waals surface area contributed by atoms with Crippen molar-refractivity contribution in [1.29, 1.82) is 0 Å². The van der Waals surface area contributed by atoms with Gasteiger partial charge in [0.1, 0.15) is 17.6 Å². The van der Waals surface area contributed by atoms with Crippen LogP contribution in [0.3, 0.4) is 0 Å². The maximum atomic E-state index is 14.0. The zero-order valence-electron chi connectivity index (χ0n) is 18.0. The SMILES string of the molecule is N[C@@H](CC(=O)N1Cc2ccccc2NC(=O)C1c1ccc(O)cc1)Cc1cc(F)c(F)cc1F. The fraction of sp³-hybridized carbons (Fsp3) is 0.200. The van der Waals surface area contributed by atoms with Gasteiger partial charge in [-0.2, -0.15) is 0 Å². The predicted molar refractivity (Wildman–Crippen MR) is 119 cm³/mol. The molecule has 2 amide bonds. The van der Waals surface area contributed by atoms with Crippen LogP contribution in [-0.4, -0.2) is 27.9 Å². The van der Waals surface area contributed by atoms with E-state index in [-0.39, 0.29) is 30.7 Å². The number of amides is 2. The number of nitrogens with one attached hydrogen (secondary N) is 1. The topological polar surface area (TPSA) is 95.7 Å². The van der Waals surface area contributed by atoms with E-state index in [1.165, 1.54) is 17.0 Å². The monoisotopic (exact) mass is 469 g/mol. The van der Waals surface area contributed by atoms with Crippen molar-refractivity contribution in [3.8, 4) is 5.75 Å². The summed E-state index contributed by atoms with van der Waals surface area (Å²) in [7, 11) is 0. The second kappa shape index (κ2) is 9.56. The fourth-order valence-electron chi connectivity index (χ4n) is 4.03. The molecule has 0 saturated heterocycles. The first kappa shape index (κ1) is 23.3. The number of hydrogen-bond acceptors (Lipinski definition) is 4. The molecule has 34 heavy (non-hydrogen) atoms. The maximum absolute atomic E-state index is 14.0. The first-order valence-corrected chi connectivity index (χ1v) is 10.6. The van der Waals surface area contributed by atoms with Crippen molar-refractivity contribution >= 4 is 17.5 Å². The maximum Gasteiger partial charge on any atom is 0.251 e. The molecule has 1 unspecified atom stereocenters. The van der Waals surface area contributed by atoms with Crippen LogP contribution in [0.25, 0.3) is 0 Å². The van der Waals surface area contributed by atoms with Gasteiger partial charge >= 0.3 is 0 Å². The molecular formula is C25H22F3N3O3. The summed E-state index contributed by atoms with van der Waals surface area (Å²) < 4.78 is 40.8. The molecule has 3 aromatic rings. The highest BCUT2D eigenvalue weighted by atomic mass is 19.2. The van der Waals surface area contributed by atoms with E-state index < -0.39 is 41.3 Å². The largest absolute Gasteiger partial charge is 0.508 e. The quantitative estimate of drug-likeness (QED) is 0.496. The van der Waals surface area contributed by atoms with Crippen LogP contribution in [0.5, 0.6) is 5.75 Å². The first-order chi connectivity index (χ1) is 16.2. The molecule has 0 bridgehead atoms. The summed E-state index contributed by atoms with van der Waals surface area (Å²) in [6.07, 6.45) is -0.461. The van der Waals surface area contributed by atoms with Crippen molar-refractivity contribution < 1.29 is 27.9 Å². The third kappa shape index (κ3) is 4.89. The van der Waals surface area contributed by atoms with Crippen LogP contribution < -0.4 is 11.1 Å². The molecule has 0 radical (unpaired) electrons. The van der Waals surface area contributed by atoms with Crippen LogP contribution in [-0.2, 0) is 22.6 Å². The summed E-state index contributed by atoms with van der Waals surface area (Å²) in [5, 5.41) is 12.5. The second-order valence-electron chi connectivity index (χ2n) is 8.19. The average molecular weight is 469 g/mol. The lowest BCUT2D eigenvalue weighted by Crippen LogP contribution is -2.41. The molecule has 1 aliphatic rings. The molecule has 3 aromatic carbocycles. The predicted octanol–water partition coefficient (Wildman–Crippen LogP) is 3.79. The zero-order valence-corrected chi connectivity index (χ0v) is 18.0. The van der Waals surface area contributed by atoms with Crippen LogP contribution in [0.15, 0.2) is 60.7 Å². The van der Waals surface area contributed by atoms with Crippen molar-refractivity contribution in [2.45, 2.75) is 31.5 Å². The van der Waals surface area contributed by atoms with Gasteiger partial charge in [0.05, 0.1) is 0 Å². The Morgan fingerprint density at radius 2 is 1.74 bits per heavy atom. The molecule has 2 atom stereocenters. The fourth-order valence-corrected chi connectivity index (χ4v) is 4.03. The number of phenolic OH excluding ortho intramolecular Hbond substituents is 1. The molecule has 4 rings (SSSR count). The van der Waals surface area contributed by atoms with E-state index in [0.717, 1.165) is 6.07 Å². The molecule has 176 valence electrons. The number of rotatable bonds is 5. The van der Waals surface area contributed by atoms with E-state index >= 15 is 0 Å². The number of aromatic hydroxyl groups is 1. The van der Waals surface area contributed by atoms with Gasteiger partial charge in [-0.1, -0.05) is 30.3 Å². The van der Waals surface area contributed by atoms with Gasteiger partial charge in [-0.25, -0.2) is 13.2 Å². The number of hydrogen-bond donors (Lipinski definition) is 3. The Morgan fingerprint density at radius 3 is 2.47 bits per heavy atom. The lowest BCUT2D eigenvalue weighted by Gasteiger charge is -2.30. The van der Waals surface area contributed by atoms with Crippen LogP contribution in [0.2, 0.25) is 0 Å². The molecule has 1 aliphatic heterocycles. The van der Waals surface area contributed by atoms with Gasteiger partial charge in [0, 0.05) is 30.8 Å². The second-order valence-corrected chi connectivity index (χ2v) is 8.19. The van der Waals surface area contributed by atoms with Gasteiger partial charge in [0.25, 0.3) is 5.91 Å². The third-order valence-corrected chi connectivity index (χ3v) is 5.71. The summed E-state index contributed by atoms with van der Waals surface area (Å²) in [5.41, 5.74) is 7.70. The number of nitrogens with zero attached hydrogens (tertiary/aromatic N) is 1.